The normalized spacial score (nSPS) is 15.0. The van der Waals surface area contributed by atoms with Crippen molar-refractivity contribution in [3.8, 4) is 11.5 Å². The number of benzene rings is 1. The number of nitrogens with two attached hydrogens (primary N) is 1. The van der Waals surface area contributed by atoms with Gasteiger partial charge >= 0.3 is 0 Å². The van der Waals surface area contributed by atoms with Crippen molar-refractivity contribution in [2.24, 2.45) is 10.7 Å². The summed E-state index contributed by atoms with van der Waals surface area (Å²) in [5, 5.41) is 3.08. The molecule has 22 heavy (non-hydrogen) atoms. The van der Waals surface area contributed by atoms with E-state index >= 15 is 0 Å². The third-order valence-electron chi connectivity index (χ3n) is 3.79. The first-order chi connectivity index (χ1) is 10.7. The lowest BCUT2D eigenvalue weighted by Crippen LogP contribution is -2.30. The Hall–Kier alpha value is -1.95. The summed E-state index contributed by atoms with van der Waals surface area (Å²) in [6.45, 7) is 4.92. The van der Waals surface area contributed by atoms with E-state index in [1.807, 2.05) is 18.2 Å². The Balaban J connectivity index is 1.87. The summed E-state index contributed by atoms with van der Waals surface area (Å²) in [6, 6.07) is 6.32. The highest BCUT2D eigenvalue weighted by Crippen LogP contribution is 2.29. The number of nitrogens with zero attached hydrogens (tertiary/aromatic N) is 2. The summed E-state index contributed by atoms with van der Waals surface area (Å²) in [6.07, 6.45) is 2.63. The van der Waals surface area contributed by atoms with Gasteiger partial charge in [0.1, 0.15) is 0 Å². The molecular formula is C16H26N4O2. The van der Waals surface area contributed by atoms with Crippen molar-refractivity contribution in [3.05, 3.63) is 18.2 Å². The van der Waals surface area contributed by atoms with Crippen LogP contribution in [0.5, 0.6) is 11.5 Å². The van der Waals surface area contributed by atoms with E-state index in [-0.39, 0.29) is 0 Å². The summed E-state index contributed by atoms with van der Waals surface area (Å²) in [5.41, 5.74) is 6.76. The number of anilines is 1. The summed E-state index contributed by atoms with van der Waals surface area (Å²) >= 11 is 0. The highest BCUT2D eigenvalue weighted by Gasteiger charge is 2.27. The molecule has 1 fully saturated rings. The van der Waals surface area contributed by atoms with E-state index in [2.05, 4.69) is 22.1 Å². The third kappa shape index (κ3) is 4.53. The van der Waals surface area contributed by atoms with Crippen LogP contribution in [0.4, 0.5) is 5.69 Å². The second-order valence-electron chi connectivity index (χ2n) is 5.32. The van der Waals surface area contributed by atoms with E-state index < -0.39 is 0 Å². The SMILES string of the molecule is CCN(CCN=C(N)Nc1ccc(OC)c(OC)c1)C1CC1. The number of rotatable bonds is 8. The number of hydrogen-bond acceptors (Lipinski definition) is 4. The number of aliphatic imine (C=N–C) groups is 1. The van der Waals surface area contributed by atoms with Crippen LogP contribution in [-0.2, 0) is 0 Å². The molecule has 1 aliphatic rings. The monoisotopic (exact) mass is 306 g/mol. The van der Waals surface area contributed by atoms with Crippen molar-refractivity contribution in [2.75, 3.05) is 39.2 Å². The zero-order valence-corrected chi connectivity index (χ0v) is 13.6. The van der Waals surface area contributed by atoms with E-state index in [9.17, 15) is 0 Å². The molecule has 0 unspecified atom stereocenters. The van der Waals surface area contributed by atoms with Gasteiger partial charge in [0.15, 0.2) is 17.5 Å². The quantitative estimate of drug-likeness (QED) is 0.567. The Labute approximate surface area is 132 Å². The number of hydrogen-bond donors (Lipinski definition) is 2. The van der Waals surface area contributed by atoms with Crippen LogP contribution in [0.3, 0.4) is 0 Å². The van der Waals surface area contributed by atoms with Crippen LogP contribution >= 0.6 is 0 Å². The molecule has 0 aliphatic heterocycles. The van der Waals surface area contributed by atoms with Crippen molar-refractivity contribution in [1.82, 2.24) is 4.90 Å². The Morgan fingerprint density at radius 2 is 2.05 bits per heavy atom. The van der Waals surface area contributed by atoms with E-state index in [0.717, 1.165) is 24.8 Å². The summed E-state index contributed by atoms with van der Waals surface area (Å²) < 4.78 is 10.5. The molecule has 0 atom stereocenters. The van der Waals surface area contributed by atoms with Gasteiger partial charge in [-0.15, -0.1) is 0 Å². The molecular weight excluding hydrogens is 280 g/mol. The standard InChI is InChI=1S/C16H26N4O2/c1-4-20(13-6-7-13)10-9-18-16(17)19-12-5-8-14(21-2)15(11-12)22-3/h5,8,11,13H,4,6-7,9-10H2,1-3H3,(H3,17,18,19). The maximum absolute atomic E-state index is 5.94. The smallest absolute Gasteiger partial charge is 0.193 e. The third-order valence-corrected chi connectivity index (χ3v) is 3.79. The molecule has 2 rings (SSSR count). The molecule has 6 nitrogen and oxygen atoms in total. The zero-order chi connectivity index (χ0) is 15.9. The van der Waals surface area contributed by atoms with Crippen LogP contribution in [0.25, 0.3) is 0 Å². The molecule has 1 aromatic rings. The van der Waals surface area contributed by atoms with E-state index in [4.69, 9.17) is 15.2 Å². The van der Waals surface area contributed by atoms with Crippen LogP contribution in [-0.4, -0.2) is 50.8 Å². The highest BCUT2D eigenvalue weighted by atomic mass is 16.5. The largest absolute Gasteiger partial charge is 0.493 e. The van der Waals surface area contributed by atoms with Gasteiger partial charge in [-0.1, -0.05) is 6.92 Å². The number of guanidine groups is 1. The van der Waals surface area contributed by atoms with Crippen molar-refractivity contribution in [2.45, 2.75) is 25.8 Å². The Bertz CT molecular complexity index is 515. The van der Waals surface area contributed by atoms with E-state index in [0.29, 0.717) is 24.0 Å². The predicted octanol–water partition coefficient (Wildman–Crippen LogP) is 1.91. The van der Waals surface area contributed by atoms with Gasteiger partial charge in [0, 0.05) is 24.3 Å². The molecule has 0 heterocycles. The second-order valence-corrected chi connectivity index (χ2v) is 5.32. The van der Waals surface area contributed by atoms with Crippen LogP contribution in [0.15, 0.2) is 23.2 Å². The first kappa shape index (κ1) is 16.4. The predicted molar refractivity (Wildman–Crippen MR) is 89.9 cm³/mol. The molecule has 1 aliphatic carbocycles. The lowest BCUT2D eigenvalue weighted by atomic mass is 10.3. The molecule has 0 saturated heterocycles. The lowest BCUT2D eigenvalue weighted by molar-refractivity contribution is 0.286. The highest BCUT2D eigenvalue weighted by molar-refractivity contribution is 5.92. The van der Waals surface area contributed by atoms with Crippen molar-refractivity contribution in [3.63, 3.8) is 0 Å². The molecule has 0 amide bonds. The fourth-order valence-corrected chi connectivity index (χ4v) is 2.44. The maximum Gasteiger partial charge on any atom is 0.193 e. The van der Waals surface area contributed by atoms with Crippen LogP contribution in [0, 0.1) is 0 Å². The molecule has 122 valence electrons. The van der Waals surface area contributed by atoms with Gasteiger partial charge in [-0.25, -0.2) is 0 Å². The van der Waals surface area contributed by atoms with Gasteiger partial charge in [-0.2, -0.15) is 0 Å². The Morgan fingerprint density at radius 3 is 2.64 bits per heavy atom. The molecule has 1 saturated carbocycles. The minimum atomic E-state index is 0.416. The number of likely N-dealkylation sites (N-methyl/N-ethyl adjacent to an activating group) is 1. The Kier molecular flexibility index (Phi) is 5.89. The number of nitrogens with one attached hydrogen (secondary N) is 1. The van der Waals surface area contributed by atoms with E-state index in [1.54, 1.807) is 14.2 Å². The van der Waals surface area contributed by atoms with Gasteiger partial charge in [0.2, 0.25) is 0 Å². The van der Waals surface area contributed by atoms with Gasteiger partial charge in [0.25, 0.3) is 0 Å². The summed E-state index contributed by atoms with van der Waals surface area (Å²) in [7, 11) is 3.22. The zero-order valence-electron chi connectivity index (χ0n) is 13.6. The first-order valence-corrected chi connectivity index (χ1v) is 7.71. The van der Waals surface area contributed by atoms with Gasteiger partial charge in [-0.3, -0.25) is 9.89 Å². The molecule has 0 bridgehead atoms. The average Bonchev–Trinajstić information content (AvgIpc) is 3.36. The fraction of sp³-hybridized carbons (Fsp3) is 0.562. The first-order valence-electron chi connectivity index (χ1n) is 7.71. The minimum Gasteiger partial charge on any atom is -0.493 e. The minimum absolute atomic E-state index is 0.416. The van der Waals surface area contributed by atoms with Gasteiger partial charge in [-0.05, 0) is 31.5 Å². The van der Waals surface area contributed by atoms with Gasteiger partial charge in [0.05, 0.1) is 20.8 Å². The molecule has 0 aromatic heterocycles. The molecule has 6 heteroatoms. The number of methoxy groups -OCH3 is 2. The number of ether oxygens (including phenoxy) is 2. The van der Waals surface area contributed by atoms with Crippen molar-refractivity contribution >= 4 is 11.6 Å². The maximum atomic E-state index is 5.94. The molecule has 0 radical (unpaired) electrons. The molecule has 1 aromatic carbocycles. The van der Waals surface area contributed by atoms with Crippen LogP contribution in [0.1, 0.15) is 19.8 Å². The van der Waals surface area contributed by atoms with E-state index in [1.165, 1.54) is 12.8 Å². The topological polar surface area (TPSA) is 72.1 Å². The van der Waals surface area contributed by atoms with Crippen molar-refractivity contribution < 1.29 is 9.47 Å². The van der Waals surface area contributed by atoms with Crippen LogP contribution in [0.2, 0.25) is 0 Å². The second kappa shape index (κ2) is 7.89. The molecule has 3 N–H and O–H groups in total. The summed E-state index contributed by atoms with van der Waals surface area (Å²) in [5.74, 6) is 1.76. The van der Waals surface area contributed by atoms with Crippen LogP contribution < -0.4 is 20.5 Å². The fourth-order valence-electron chi connectivity index (χ4n) is 2.44. The Morgan fingerprint density at radius 1 is 1.32 bits per heavy atom. The average molecular weight is 306 g/mol. The van der Waals surface area contributed by atoms with Crippen molar-refractivity contribution in [1.29, 1.82) is 0 Å². The summed E-state index contributed by atoms with van der Waals surface area (Å²) in [4.78, 5) is 6.84. The van der Waals surface area contributed by atoms with Gasteiger partial charge < -0.3 is 20.5 Å². The molecule has 0 spiro atoms. The lowest BCUT2D eigenvalue weighted by Gasteiger charge is -2.18.